The zero-order chi connectivity index (χ0) is 8.81. The second-order valence-corrected chi connectivity index (χ2v) is 2.68. The molecule has 0 aromatic carbocycles. The maximum absolute atomic E-state index is 10.8. The molecule has 4 heteroatoms. The fourth-order valence-corrected chi connectivity index (χ4v) is 0.973. The molecule has 1 aliphatic heterocycles. The molecule has 0 atom stereocenters. The van der Waals surface area contributed by atoms with E-state index in [1.165, 1.54) is 0 Å². The van der Waals surface area contributed by atoms with Crippen molar-refractivity contribution in [3.63, 3.8) is 0 Å². The van der Waals surface area contributed by atoms with Gasteiger partial charge in [0.1, 0.15) is 6.42 Å². The Morgan fingerprint density at radius 2 is 1.06 bits per heavy atom. The zero-order valence-corrected chi connectivity index (χ0v) is 6.88. The summed E-state index contributed by atoms with van der Waals surface area (Å²) >= 11 is 0. The van der Waals surface area contributed by atoms with Crippen molar-refractivity contribution in [2.75, 3.05) is 13.2 Å². The first-order chi connectivity index (χ1) is 5.79. The van der Waals surface area contributed by atoms with Crippen LogP contribution in [0.3, 0.4) is 0 Å². The largest absolute Gasteiger partial charge is 0.465 e. The summed E-state index contributed by atoms with van der Waals surface area (Å²) < 4.78 is 9.50. The van der Waals surface area contributed by atoms with Crippen LogP contribution >= 0.6 is 0 Å². The zero-order valence-electron chi connectivity index (χ0n) is 6.88. The van der Waals surface area contributed by atoms with Crippen LogP contribution in [0, 0.1) is 0 Å². The molecule has 0 aromatic rings. The van der Waals surface area contributed by atoms with Gasteiger partial charge < -0.3 is 9.47 Å². The molecule has 100 valence electrons. The maximum Gasteiger partial charge on any atom is 0.317 e. The lowest BCUT2D eigenvalue weighted by molar-refractivity contribution is -0.155. The van der Waals surface area contributed by atoms with E-state index in [1.54, 1.807) is 0 Å². The monoisotopic (exact) mass is 236 g/mol. The van der Waals surface area contributed by atoms with Crippen molar-refractivity contribution in [2.24, 2.45) is 0 Å². The second-order valence-electron chi connectivity index (χ2n) is 2.68. The molecular formula is C12H28O4. The van der Waals surface area contributed by atoms with E-state index in [-0.39, 0.29) is 36.1 Å². The van der Waals surface area contributed by atoms with E-state index in [0.29, 0.717) is 13.2 Å². The van der Waals surface area contributed by atoms with Crippen molar-refractivity contribution in [1.29, 1.82) is 0 Å². The number of cyclic esters (lactones) is 2. The molecule has 0 aromatic heterocycles. The molecule has 0 amide bonds. The van der Waals surface area contributed by atoms with Crippen LogP contribution in [0.15, 0.2) is 0 Å². The highest BCUT2D eigenvalue weighted by Crippen LogP contribution is 2.02. The summed E-state index contributed by atoms with van der Waals surface area (Å²) in [7, 11) is 0. The molecule has 0 N–H and O–H groups in total. The quantitative estimate of drug-likeness (QED) is 0.479. The van der Waals surface area contributed by atoms with Crippen LogP contribution in [0.5, 0.6) is 0 Å². The van der Waals surface area contributed by atoms with Crippen molar-refractivity contribution < 1.29 is 19.1 Å². The summed E-state index contributed by atoms with van der Waals surface area (Å²) in [4.78, 5) is 21.6. The van der Waals surface area contributed by atoms with E-state index in [9.17, 15) is 9.59 Å². The molecule has 1 saturated heterocycles. The Balaban J connectivity index is -0.000000180. The van der Waals surface area contributed by atoms with Crippen LogP contribution in [0.2, 0.25) is 0 Å². The van der Waals surface area contributed by atoms with Gasteiger partial charge in [-0.3, -0.25) is 9.59 Å². The highest BCUT2D eigenvalue weighted by Gasteiger charge is 2.12. The van der Waals surface area contributed by atoms with Crippen LogP contribution < -0.4 is 0 Å². The molecule has 0 radical (unpaired) electrons. The number of hydrogen-bond acceptors (Lipinski definition) is 4. The Morgan fingerprint density at radius 3 is 1.44 bits per heavy atom. The molecule has 1 aliphatic rings. The molecule has 4 nitrogen and oxygen atoms in total. The van der Waals surface area contributed by atoms with Gasteiger partial charge in [-0.15, -0.1) is 0 Å². The van der Waals surface area contributed by atoms with Crippen LogP contribution in [0.4, 0.5) is 0 Å². The molecule has 0 unspecified atom stereocenters. The smallest absolute Gasteiger partial charge is 0.317 e. The molecule has 0 bridgehead atoms. The first-order valence-electron chi connectivity index (χ1n) is 4.10. The van der Waals surface area contributed by atoms with Gasteiger partial charge in [0.25, 0.3) is 0 Å². The second kappa shape index (κ2) is 13.9. The fraction of sp³-hybridized carbons (Fsp3) is 0.833. The van der Waals surface area contributed by atoms with Gasteiger partial charge in [-0.2, -0.15) is 0 Å². The third kappa shape index (κ3) is 11.0. The summed E-state index contributed by atoms with van der Waals surface area (Å²) in [6, 6.07) is 0. The van der Waals surface area contributed by atoms with Crippen LogP contribution in [-0.2, 0) is 19.1 Å². The number of esters is 2. The first kappa shape index (κ1) is 24.3. The molecule has 1 fully saturated rings. The minimum Gasteiger partial charge on any atom is -0.465 e. The van der Waals surface area contributed by atoms with Crippen molar-refractivity contribution in [1.82, 2.24) is 0 Å². The predicted octanol–water partition coefficient (Wildman–Crippen LogP) is 3.19. The minimum absolute atomic E-state index is 0. The Bertz CT molecular complexity index is 160. The fourth-order valence-electron chi connectivity index (χ4n) is 0.973. The van der Waals surface area contributed by atoms with Gasteiger partial charge >= 0.3 is 11.9 Å². The Morgan fingerprint density at radius 1 is 0.688 bits per heavy atom. The van der Waals surface area contributed by atoms with Gasteiger partial charge in [0, 0.05) is 0 Å². The van der Waals surface area contributed by atoms with E-state index < -0.39 is 11.9 Å². The van der Waals surface area contributed by atoms with Crippen molar-refractivity contribution in [3.8, 4) is 0 Å². The lowest BCUT2D eigenvalue weighted by Gasteiger charge is -2.08. The average molecular weight is 236 g/mol. The molecular weight excluding hydrogens is 208 g/mol. The van der Waals surface area contributed by atoms with E-state index >= 15 is 0 Å². The number of rotatable bonds is 0. The SMILES string of the molecule is C.C.C.C.O=C1CC(=O)OCCCCCO1. The predicted molar refractivity (Wildman–Crippen MR) is 67.3 cm³/mol. The maximum atomic E-state index is 10.8. The van der Waals surface area contributed by atoms with Gasteiger partial charge in [0.05, 0.1) is 13.2 Å². The van der Waals surface area contributed by atoms with E-state index in [4.69, 9.17) is 9.47 Å². The number of ether oxygens (including phenoxy) is 2. The third-order valence-electron chi connectivity index (χ3n) is 1.60. The first-order valence-corrected chi connectivity index (χ1v) is 4.10. The summed E-state index contributed by atoms with van der Waals surface area (Å²) in [6.07, 6.45) is 2.38. The molecule has 0 aliphatic carbocycles. The van der Waals surface area contributed by atoms with Gasteiger partial charge in [-0.25, -0.2) is 0 Å². The van der Waals surface area contributed by atoms with Crippen molar-refractivity contribution in [2.45, 2.75) is 55.4 Å². The minimum atomic E-state index is -0.484. The van der Waals surface area contributed by atoms with E-state index in [0.717, 1.165) is 19.3 Å². The normalized spacial score (nSPS) is 15.8. The lowest BCUT2D eigenvalue weighted by atomic mass is 10.2. The van der Waals surface area contributed by atoms with Gasteiger partial charge in [-0.1, -0.05) is 29.7 Å². The molecule has 0 spiro atoms. The van der Waals surface area contributed by atoms with Crippen LogP contribution in [-0.4, -0.2) is 25.2 Å². The Labute approximate surface area is 100 Å². The molecule has 16 heavy (non-hydrogen) atoms. The molecule has 0 saturated carbocycles. The summed E-state index contributed by atoms with van der Waals surface area (Å²) in [6.45, 7) is 0.845. The van der Waals surface area contributed by atoms with Gasteiger partial charge in [-0.05, 0) is 19.3 Å². The molecule has 1 rings (SSSR count). The summed E-state index contributed by atoms with van der Waals surface area (Å²) in [5.41, 5.74) is 0. The standard InChI is InChI=1S/C8H12O4.4CH4/c9-7-6-8(10)12-5-3-1-2-4-11-7;;;;/h1-6H2;4*1H4. The number of hydrogen-bond donors (Lipinski definition) is 0. The van der Waals surface area contributed by atoms with Crippen LogP contribution in [0.25, 0.3) is 0 Å². The summed E-state index contributed by atoms with van der Waals surface area (Å²) in [5, 5.41) is 0. The number of carbonyl (C=O) groups is 2. The molecule has 1 heterocycles. The Kier molecular flexibility index (Phi) is 21.1. The third-order valence-corrected chi connectivity index (χ3v) is 1.60. The van der Waals surface area contributed by atoms with Gasteiger partial charge in [0.15, 0.2) is 0 Å². The van der Waals surface area contributed by atoms with Gasteiger partial charge in [0.2, 0.25) is 0 Å². The van der Waals surface area contributed by atoms with Crippen molar-refractivity contribution in [3.05, 3.63) is 0 Å². The van der Waals surface area contributed by atoms with Crippen molar-refractivity contribution >= 4 is 11.9 Å². The van der Waals surface area contributed by atoms with E-state index in [2.05, 4.69) is 0 Å². The average Bonchev–Trinajstić information content (AvgIpc) is 2.02. The highest BCUT2D eigenvalue weighted by molar-refractivity contribution is 5.91. The highest BCUT2D eigenvalue weighted by atomic mass is 16.6. The number of carbonyl (C=O) groups excluding carboxylic acids is 2. The van der Waals surface area contributed by atoms with Crippen LogP contribution in [0.1, 0.15) is 55.4 Å². The Hall–Kier alpha value is -1.06. The summed E-state index contributed by atoms with van der Waals surface area (Å²) in [5.74, 6) is -0.969. The lowest BCUT2D eigenvalue weighted by Crippen LogP contribution is -2.16. The van der Waals surface area contributed by atoms with E-state index in [1.807, 2.05) is 0 Å². The topological polar surface area (TPSA) is 52.6 Å².